The van der Waals surface area contributed by atoms with E-state index < -0.39 is 5.91 Å². The fourth-order valence-electron chi connectivity index (χ4n) is 1.69. The minimum atomic E-state index is -0.644. The number of benzene rings is 1. The molecule has 0 radical (unpaired) electrons. The topological polar surface area (TPSA) is 108 Å². The number of halogens is 1. The van der Waals surface area contributed by atoms with Crippen molar-refractivity contribution in [3.8, 4) is 11.5 Å². The van der Waals surface area contributed by atoms with E-state index in [4.69, 9.17) is 32.5 Å². The third-order valence-electron chi connectivity index (χ3n) is 3.16. The number of ether oxygens (including phenoxy) is 2. The van der Waals surface area contributed by atoms with E-state index in [1.807, 2.05) is 6.92 Å². The molecule has 1 atom stereocenters. The quantitative estimate of drug-likeness (QED) is 0.763. The molecule has 1 unspecified atom stereocenters. The molecule has 122 valence electrons. The molecular formula is C14H20ClN3O4. The lowest BCUT2D eigenvalue weighted by Crippen LogP contribution is -2.39. The van der Waals surface area contributed by atoms with Crippen LogP contribution in [-0.2, 0) is 4.79 Å². The van der Waals surface area contributed by atoms with Gasteiger partial charge in [0.05, 0.1) is 12.1 Å². The second-order valence-electron chi connectivity index (χ2n) is 4.75. The number of methoxy groups -OCH3 is 1. The Labute approximate surface area is 134 Å². The third-order valence-corrected chi connectivity index (χ3v) is 3.44. The highest BCUT2D eigenvalue weighted by molar-refractivity contribution is 6.32. The van der Waals surface area contributed by atoms with Crippen LogP contribution in [0.4, 0.5) is 0 Å². The Hall–Kier alpha value is -1.99. The zero-order valence-electron chi connectivity index (χ0n) is 12.8. The Bertz CT molecular complexity index is 565. The normalized spacial score (nSPS) is 11.7. The van der Waals surface area contributed by atoms with Gasteiger partial charge in [0.25, 0.3) is 11.8 Å². The van der Waals surface area contributed by atoms with E-state index in [0.29, 0.717) is 12.1 Å². The van der Waals surface area contributed by atoms with Gasteiger partial charge in [0, 0.05) is 25.2 Å². The van der Waals surface area contributed by atoms with Crippen molar-refractivity contribution in [1.82, 2.24) is 4.90 Å². The number of amides is 2. The van der Waals surface area contributed by atoms with Gasteiger partial charge in [-0.3, -0.25) is 9.59 Å². The molecule has 22 heavy (non-hydrogen) atoms. The first-order valence-corrected chi connectivity index (χ1v) is 6.95. The van der Waals surface area contributed by atoms with Gasteiger partial charge in [0.15, 0.2) is 18.1 Å². The maximum Gasteiger partial charge on any atom is 0.255 e. The summed E-state index contributed by atoms with van der Waals surface area (Å²) in [6, 6.07) is 2.82. The van der Waals surface area contributed by atoms with Gasteiger partial charge in [-0.2, -0.15) is 0 Å². The van der Waals surface area contributed by atoms with Crippen LogP contribution in [0.5, 0.6) is 11.5 Å². The summed E-state index contributed by atoms with van der Waals surface area (Å²) in [6.07, 6.45) is 0. The van der Waals surface area contributed by atoms with E-state index in [9.17, 15) is 9.59 Å². The summed E-state index contributed by atoms with van der Waals surface area (Å²) in [5.74, 6) is -0.491. The van der Waals surface area contributed by atoms with Gasteiger partial charge >= 0.3 is 0 Å². The smallest absolute Gasteiger partial charge is 0.255 e. The van der Waals surface area contributed by atoms with Crippen LogP contribution in [0.15, 0.2) is 12.1 Å². The average Bonchev–Trinajstić information content (AvgIpc) is 2.50. The van der Waals surface area contributed by atoms with Crippen LogP contribution < -0.4 is 20.9 Å². The van der Waals surface area contributed by atoms with Crippen LogP contribution in [0.25, 0.3) is 0 Å². The Balaban J connectivity index is 3.12. The lowest BCUT2D eigenvalue weighted by atomic mass is 10.1. The standard InChI is InChI=1S/C14H20ClN3O4/c1-8(6-16)18(2)14(20)9-4-10(15)13(11(5-9)21-3)22-7-12(17)19/h4-5,8H,6-7,16H2,1-3H3,(H2,17,19). The summed E-state index contributed by atoms with van der Waals surface area (Å²) < 4.78 is 10.4. The second kappa shape index (κ2) is 7.86. The number of hydrogen-bond donors (Lipinski definition) is 2. The first-order valence-electron chi connectivity index (χ1n) is 6.57. The van der Waals surface area contributed by atoms with Gasteiger partial charge in [-0.1, -0.05) is 11.6 Å². The SMILES string of the molecule is COc1cc(C(=O)N(C)C(C)CN)cc(Cl)c1OCC(N)=O. The maximum absolute atomic E-state index is 12.4. The number of carbonyl (C=O) groups is 2. The molecule has 1 aromatic carbocycles. The Kier molecular flexibility index (Phi) is 6.45. The highest BCUT2D eigenvalue weighted by atomic mass is 35.5. The molecule has 8 heteroatoms. The van der Waals surface area contributed by atoms with Crippen LogP contribution >= 0.6 is 11.6 Å². The summed E-state index contributed by atoms with van der Waals surface area (Å²) in [5.41, 5.74) is 10.9. The molecule has 0 saturated heterocycles. The van der Waals surface area contributed by atoms with E-state index in [1.165, 1.54) is 24.1 Å². The van der Waals surface area contributed by atoms with Gasteiger partial charge < -0.3 is 25.8 Å². The lowest BCUT2D eigenvalue weighted by Gasteiger charge is -2.24. The van der Waals surface area contributed by atoms with Gasteiger partial charge in [-0.15, -0.1) is 0 Å². The molecule has 0 bridgehead atoms. The van der Waals surface area contributed by atoms with Crippen molar-refractivity contribution in [3.05, 3.63) is 22.7 Å². The summed E-state index contributed by atoms with van der Waals surface area (Å²) >= 11 is 6.11. The molecular weight excluding hydrogens is 310 g/mol. The van der Waals surface area contributed by atoms with E-state index >= 15 is 0 Å². The molecule has 0 heterocycles. The molecule has 1 aromatic rings. The number of hydrogen-bond acceptors (Lipinski definition) is 5. The highest BCUT2D eigenvalue weighted by Gasteiger charge is 2.21. The zero-order chi connectivity index (χ0) is 16.9. The predicted octanol–water partition coefficient (Wildman–Crippen LogP) is 0.632. The number of likely N-dealkylation sites (N-methyl/N-ethyl adjacent to an activating group) is 1. The fraction of sp³-hybridized carbons (Fsp3) is 0.429. The number of rotatable bonds is 7. The van der Waals surface area contributed by atoms with Gasteiger partial charge in [0.2, 0.25) is 0 Å². The molecule has 0 aliphatic carbocycles. The van der Waals surface area contributed by atoms with Crippen LogP contribution in [0.3, 0.4) is 0 Å². The Morgan fingerprint density at radius 2 is 2.05 bits per heavy atom. The average molecular weight is 330 g/mol. The minimum absolute atomic E-state index is 0.122. The Morgan fingerprint density at radius 1 is 1.41 bits per heavy atom. The van der Waals surface area contributed by atoms with E-state index in [-0.39, 0.29) is 35.1 Å². The maximum atomic E-state index is 12.4. The summed E-state index contributed by atoms with van der Waals surface area (Å²) in [4.78, 5) is 24.7. The van der Waals surface area contributed by atoms with Crippen LogP contribution in [0.2, 0.25) is 5.02 Å². The van der Waals surface area contributed by atoms with E-state index in [1.54, 1.807) is 7.05 Å². The molecule has 0 saturated carbocycles. The molecule has 0 fully saturated rings. The number of primary amides is 1. The van der Waals surface area contributed by atoms with E-state index in [0.717, 1.165) is 0 Å². The van der Waals surface area contributed by atoms with Crippen molar-refractivity contribution in [2.24, 2.45) is 11.5 Å². The first kappa shape index (κ1) is 18.1. The van der Waals surface area contributed by atoms with Gasteiger partial charge in [-0.05, 0) is 19.1 Å². The van der Waals surface area contributed by atoms with Crippen molar-refractivity contribution < 1.29 is 19.1 Å². The summed E-state index contributed by atoms with van der Waals surface area (Å²) in [7, 11) is 3.06. The number of carbonyl (C=O) groups excluding carboxylic acids is 2. The Morgan fingerprint density at radius 3 is 2.55 bits per heavy atom. The molecule has 0 spiro atoms. The molecule has 1 rings (SSSR count). The largest absolute Gasteiger partial charge is 0.493 e. The number of nitrogens with two attached hydrogens (primary N) is 2. The molecule has 4 N–H and O–H groups in total. The fourth-order valence-corrected chi connectivity index (χ4v) is 1.95. The van der Waals surface area contributed by atoms with Crippen molar-refractivity contribution in [1.29, 1.82) is 0 Å². The van der Waals surface area contributed by atoms with Crippen LogP contribution in [0, 0.1) is 0 Å². The highest BCUT2D eigenvalue weighted by Crippen LogP contribution is 2.36. The minimum Gasteiger partial charge on any atom is -0.493 e. The van der Waals surface area contributed by atoms with Crippen LogP contribution in [0.1, 0.15) is 17.3 Å². The van der Waals surface area contributed by atoms with Crippen molar-refractivity contribution in [3.63, 3.8) is 0 Å². The van der Waals surface area contributed by atoms with Gasteiger partial charge in [0.1, 0.15) is 0 Å². The van der Waals surface area contributed by atoms with E-state index in [2.05, 4.69) is 0 Å². The molecule has 0 aliphatic heterocycles. The lowest BCUT2D eigenvalue weighted by molar-refractivity contribution is -0.119. The summed E-state index contributed by atoms with van der Waals surface area (Å²) in [6.45, 7) is 1.83. The molecule has 0 aromatic heterocycles. The summed E-state index contributed by atoms with van der Waals surface area (Å²) in [5, 5.41) is 0.151. The predicted molar refractivity (Wildman–Crippen MR) is 83.3 cm³/mol. The van der Waals surface area contributed by atoms with Gasteiger partial charge in [-0.25, -0.2) is 0 Å². The van der Waals surface area contributed by atoms with Crippen molar-refractivity contribution >= 4 is 23.4 Å². The first-order chi connectivity index (χ1) is 10.3. The third kappa shape index (κ3) is 4.25. The zero-order valence-corrected chi connectivity index (χ0v) is 13.5. The second-order valence-corrected chi connectivity index (χ2v) is 5.15. The van der Waals surface area contributed by atoms with Crippen molar-refractivity contribution in [2.45, 2.75) is 13.0 Å². The van der Waals surface area contributed by atoms with Crippen LogP contribution in [-0.4, -0.2) is 50.1 Å². The number of nitrogens with zero attached hydrogens (tertiary/aromatic N) is 1. The molecule has 7 nitrogen and oxygen atoms in total. The molecule has 2 amide bonds. The van der Waals surface area contributed by atoms with Crippen molar-refractivity contribution in [2.75, 3.05) is 27.3 Å². The monoisotopic (exact) mass is 329 g/mol. The molecule has 0 aliphatic rings.